The molecule has 3 heteroatoms. The molecule has 0 spiro atoms. The van der Waals surface area contributed by atoms with E-state index < -0.39 is 0 Å². The minimum absolute atomic E-state index is 0.669. The summed E-state index contributed by atoms with van der Waals surface area (Å²) in [4.78, 5) is 4.39. The highest BCUT2D eigenvalue weighted by Crippen LogP contribution is 2.31. The molecule has 2 N–H and O–H groups in total. The molecule has 0 unspecified atom stereocenters. The van der Waals surface area contributed by atoms with Crippen molar-refractivity contribution in [3.63, 3.8) is 0 Å². The number of nitrogen functional groups attached to an aromatic ring is 1. The number of aromatic nitrogens is 1. The van der Waals surface area contributed by atoms with E-state index >= 15 is 0 Å². The SMILES string of the molecule is Nc1nc2c3c(ccc2s1)C=CCC3. The quantitative estimate of drug-likeness (QED) is 0.713. The van der Waals surface area contributed by atoms with Gasteiger partial charge >= 0.3 is 0 Å². The molecule has 2 nitrogen and oxygen atoms in total. The number of hydrogen-bond acceptors (Lipinski definition) is 3. The number of benzene rings is 1. The monoisotopic (exact) mass is 202 g/mol. The highest BCUT2D eigenvalue weighted by atomic mass is 32.1. The molecule has 70 valence electrons. The normalized spacial score (nSPS) is 14.6. The van der Waals surface area contributed by atoms with Crippen LogP contribution in [0.2, 0.25) is 0 Å². The van der Waals surface area contributed by atoms with Crippen LogP contribution in [0.5, 0.6) is 0 Å². The summed E-state index contributed by atoms with van der Waals surface area (Å²) in [6, 6.07) is 4.27. The Hall–Kier alpha value is -1.35. The molecule has 0 atom stereocenters. The average molecular weight is 202 g/mol. The van der Waals surface area contributed by atoms with Gasteiger partial charge < -0.3 is 5.73 Å². The zero-order chi connectivity index (χ0) is 9.54. The Kier molecular flexibility index (Phi) is 1.61. The number of fused-ring (bicyclic) bond motifs is 3. The van der Waals surface area contributed by atoms with Gasteiger partial charge in [0.15, 0.2) is 5.13 Å². The first kappa shape index (κ1) is 8.00. The standard InChI is InChI=1S/C11H10N2S/c12-11-13-10-8-4-2-1-3-7(8)5-6-9(10)14-11/h1,3,5-6H,2,4H2,(H2,12,13). The van der Waals surface area contributed by atoms with E-state index in [1.165, 1.54) is 15.8 Å². The van der Waals surface area contributed by atoms with Gasteiger partial charge in [0.2, 0.25) is 0 Å². The Labute approximate surface area is 86.1 Å². The number of anilines is 1. The molecule has 0 amide bonds. The third-order valence-electron chi connectivity index (χ3n) is 2.58. The Balaban J connectivity index is 2.40. The van der Waals surface area contributed by atoms with Crippen LogP contribution in [0.4, 0.5) is 5.13 Å². The van der Waals surface area contributed by atoms with Gasteiger partial charge in [-0.05, 0) is 30.0 Å². The number of nitrogens with two attached hydrogens (primary N) is 1. The summed E-state index contributed by atoms with van der Waals surface area (Å²) in [7, 11) is 0. The van der Waals surface area contributed by atoms with Crippen LogP contribution in [0.1, 0.15) is 17.5 Å². The van der Waals surface area contributed by atoms with Gasteiger partial charge in [-0.25, -0.2) is 4.98 Å². The van der Waals surface area contributed by atoms with Gasteiger partial charge in [0.25, 0.3) is 0 Å². The second-order valence-electron chi connectivity index (χ2n) is 3.47. The molecule has 0 saturated carbocycles. The van der Waals surface area contributed by atoms with Crippen molar-refractivity contribution >= 4 is 32.8 Å². The molecule has 0 saturated heterocycles. The second kappa shape index (κ2) is 2.82. The van der Waals surface area contributed by atoms with E-state index in [1.807, 2.05) is 0 Å². The molecule has 1 aromatic heterocycles. The number of allylic oxidation sites excluding steroid dienone is 1. The zero-order valence-electron chi connectivity index (χ0n) is 7.66. The zero-order valence-corrected chi connectivity index (χ0v) is 8.47. The minimum Gasteiger partial charge on any atom is -0.375 e. The summed E-state index contributed by atoms with van der Waals surface area (Å²) in [5.74, 6) is 0. The fraction of sp³-hybridized carbons (Fsp3) is 0.182. The maximum Gasteiger partial charge on any atom is 0.181 e. The number of nitrogens with zero attached hydrogens (tertiary/aromatic N) is 1. The number of rotatable bonds is 0. The molecule has 1 aliphatic rings. The van der Waals surface area contributed by atoms with Crippen LogP contribution in [-0.2, 0) is 6.42 Å². The maximum absolute atomic E-state index is 5.71. The Morgan fingerprint density at radius 3 is 3.21 bits per heavy atom. The molecule has 0 fully saturated rings. The summed E-state index contributed by atoms with van der Waals surface area (Å²) >= 11 is 1.57. The topological polar surface area (TPSA) is 38.9 Å². The van der Waals surface area contributed by atoms with Gasteiger partial charge in [-0.15, -0.1) is 0 Å². The lowest BCUT2D eigenvalue weighted by Crippen LogP contribution is -1.95. The van der Waals surface area contributed by atoms with Gasteiger partial charge in [-0.3, -0.25) is 0 Å². The van der Waals surface area contributed by atoms with Crippen LogP contribution < -0.4 is 5.73 Å². The summed E-state index contributed by atoms with van der Waals surface area (Å²) in [6.07, 6.45) is 6.59. The highest BCUT2D eigenvalue weighted by Gasteiger charge is 2.11. The molecular formula is C11H10N2S. The van der Waals surface area contributed by atoms with Crippen molar-refractivity contribution < 1.29 is 0 Å². The lowest BCUT2D eigenvalue weighted by Gasteiger charge is -2.09. The van der Waals surface area contributed by atoms with Crippen LogP contribution in [-0.4, -0.2) is 4.98 Å². The van der Waals surface area contributed by atoms with Gasteiger partial charge in [0.1, 0.15) is 0 Å². The van der Waals surface area contributed by atoms with Crippen LogP contribution in [0, 0.1) is 0 Å². The molecule has 1 aromatic carbocycles. The van der Waals surface area contributed by atoms with E-state index in [9.17, 15) is 0 Å². The Bertz CT molecular complexity index is 525. The lowest BCUT2D eigenvalue weighted by atomic mass is 9.97. The third kappa shape index (κ3) is 1.06. The van der Waals surface area contributed by atoms with Crippen LogP contribution >= 0.6 is 11.3 Å². The molecule has 0 radical (unpaired) electrons. The molecule has 3 rings (SSSR count). The summed E-state index contributed by atoms with van der Waals surface area (Å²) in [5.41, 5.74) is 9.48. The van der Waals surface area contributed by atoms with Crippen molar-refractivity contribution in [1.29, 1.82) is 0 Å². The summed E-state index contributed by atoms with van der Waals surface area (Å²) in [5, 5.41) is 0.669. The molecule has 1 aliphatic carbocycles. The predicted molar refractivity (Wildman–Crippen MR) is 61.4 cm³/mol. The van der Waals surface area contributed by atoms with Crippen molar-refractivity contribution in [2.45, 2.75) is 12.8 Å². The van der Waals surface area contributed by atoms with Crippen molar-refractivity contribution in [2.24, 2.45) is 0 Å². The Morgan fingerprint density at radius 2 is 2.29 bits per heavy atom. The number of aryl methyl sites for hydroxylation is 1. The molecule has 1 heterocycles. The number of thiazole rings is 1. The van der Waals surface area contributed by atoms with Crippen molar-refractivity contribution in [3.8, 4) is 0 Å². The van der Waals surface area contributed by atoms with E-state index in [-0.39, 0.29) is 0 Å². The second-order valence-corrected chi connectivity index (χ2v) is 4.54. The summed E-state index contributed by atoms with van der Waals surface area (Å²) < 4.78 is 1.21. The highest BCUT2D eigenvalue weighted by molar-refractivity contribution is 7.22. The first-order valence-corrected chi connectivity index (χ1v) is 5.51. The number of hydrogen-bond donors (Lipinski definition) is 1. The van der Waals surface area contributed by atoms with Crippen LogP contribution in [0.15, 0.2) is 18.2 Å². The predicted octanol–water partition coefficient (Wildman–Crippen LogP) is 2.84. The van der Waals surface area contributed by atoms with E-state index in [0.29, 0.717) is 5.13 Å². The van der Waals surface area contributed by atoms with E-state index in [4.69, 9.17) is 5.73 Å². The lowest BCUT2D eigenvalue weighted by molar-refractivity contribution is 0.993. The van der Waals surface area contributed by atoms with E-state index in [2.05, 4.69) is 29.3 Å². The molecule has 0 bridgehead atoms. The van der Waals surface area contributed by atoms with E-state index in [0.717, 1.165) is 18.4 Å². The third-order valence-corrected chi connectivity index (χ3v) is 3.43. The first-order chi connectivity index (χ1) is 6.84. The molecule has 14 heavy (non-hydrogen) atoms. The average Bonchev–Trinajstić information content (AvgIpc) is 2.59. The van der Waals surface area contributed by atoms with Crippen molar-refractivity contribution in [3.05, 3.63) is 29.3 Å². The van der Waals surface area contributed by atoms with Gasteiger partial charge in [0.05, 0.1) is 10.2 Å². The smallest absolute Gasteiger partial charge is 0.181 e. The van der Waals surface area contributed by atoms with Crippen LogP contribution in [0.25, 0.3) is 16.3 Å². The molecule has 0 aliphatic heterocycles. The Morgan fingerprint density at radius 1 is 1.36 bits per heavy atom. The first-order valence-electron chi connectivity index (χ1n) is 4.69. The fourth-order valence-corrected chi connectivity index (χ4v) is 2.70. The maximum atomic E-state index is 5.71. The molecule has 2 aromatic rings. The summed E-state index contributed by atoms with van der Waals surface area (Å²) in [6.45, 7) is 0. The minimum atomic E-state index is 0.669. The fourth-order valence-electron chi connectivity index (χ4n) is 1.94. The van der Waals surface area contributed by atoms with Gasteiger partial charge in [-0.1, -0.05) is 29.6 Å². The van der Waals surface area contributed by atoms with Gasteiger partial charge in [0, 0.05) is 0 Å². The van der Waals surface area contributed by atoms with Gasteiger partial charge in [-0.2, -0.15) is 0 Å². The van der Waals surface area contributed by atoms with Crippen molar-refractivity contribution in [2.75, 3.05) is 5.73 Å². The van der Waals surface area contributed by atoms with Crippen LogP contribution in [0.3, 0.4) is 0 Å². The van der Waals surface area contributed by atoms with E-state index in [1.54, 1.807) is 11.3 Å². The largest absolute Gasteiger partial charge is 0.375 e. The van der Waals surface area contributed by atoms with Crippen molar-refractivity contribution in [1.82, 2.24) is 4.98 Å². The molecular weight excluding hydrogens is 192 g/mol.